The SMILES string of the molecule is C[C@H](NC(=O)c1n[nH]c2cc(NC(=O)C(c3ccccc3)c3ccccc3)ccc12)C(N)=O. The molecule has 1 heterocycles. The maximum atomic E-state index is 13.3. The molecule has 3 amide bonds. The van der Waals surface area contributed by atoms with Gasteiger partial charge < -0.3 is 16.4 Å². The second kappa shape index (κ2) is 9.35. The number of nitrogens with zero attached hydrogens (tertiary/aromatic N) is 1. The first-order valence-corrected chi connectivity index (χ1v) is 10.4. The molecule has 0 spiro atoms. The number of aromatic amines is 1. The number of hydrogen-bond donors (Lipinski definition) is 4. The molecule has 0 aliphatic carbocycles. The van der Waals surface area contributed by atoms with Crippen LogP contribution in [0.5, 0.6) is 0 Å². The number of anilines is 1. The fourth-order valence-electron chi connectivity index (χ4n) is 3.61. The number of nitrogens with one attached hydrogen (secondary N) is 3. The van der Waals surface area contributed by atoms with Crippen molar-refractivity contribution in [2.24, 2.45) is 5.73 Å². The van der Waals surface area contributed by atoms with Crippen LogP contribution in [0.2, 0.25) is 0 Å². The Bertz CT molecular complexity index is 1260. The average Bonchev–Trinajstić information content (AvgIpc) is 3.24. The molecular formula is C25H23N5O3. The Kier molecular flexibility index (Phi) is 6.17. The summed E-state index contributed by atoms with van der Waals surface area (Å²) in [6.45, 7) is 1.50. The van der Waals surface area contributed by atoms with Crippen LogP contribution in [0, 0.1) is 0 Å². The first-order chi connectivity index (χ1) is 15.9. The molecule has 33 heavy (non-hydrogen) atoms. The highest BCUT2D eigenvalue weighted by Gasteiger charge is 2.23. The summed E-state index contributed by atoms with van der Waals surface area (Å²) in [5, 5.41) is 12.9. The molecule has 0 saturated carbocycles. The van der Waals surface area contributed by atoms with E-state index in [0.717, 1.165) is 11.1 Å². The number of primary amides is 1. The van der Waals surface area contributed by atoms with Crippen molar-refractivity contribution in [1.82, 2.24) is 15.5 Å². The molecule has 0 bridgehead atoms. The lowest BCUT2D eigenvalue weighted by molar-refractivity contribution is -0.119. The van der Waals surface area contributed by atoms with Crippen molar-refractivity contribution in [3.05, 3.63) is 95.7 Å². The van der Waals surface area contributed by atoms with E-state index in [4.69, 9.17) is 5.73 Å². The first-order valence-electron chi connectivity index (χ1n) is 10.4. The van der Waals surface area contributed by atoms with Crippen LogP contribution < -0.4 is 16.4 Å². The van der Waals surface area contributed by atoms with Gasteiger partial charge in [-0.05, 0) is 36.2 Å². The summed E-state index contributed by atoms with van der Waals surface area (Å²) in [5.74, 6) is -1.82. The second-order valence-electron chi connectivity index (χ2n) is 7.67. The summed E-state index contributed by atoms with van der Waals surface area (Å²) in [5.41, 5.74) is 8.24. The number of rotatable bonds is 7. The summed E-state index contributed by atoms with van der Waals surface area (Å²) in [6.07, 6.45) is 0. The summed E-state index contributed by atoms with van der Waals surface area (Å²) in [6, 6.07) is 23.4. The van der Waals surface area contributed by atoms with Crippen LogP contribution >= 0.6 is 0 Å². The van der Waals surface area contributed by atoms with Gasteiger partial charge in [0.15, 0.2) is 5.69 Å². The normalized spacial score (nSPS) is 11.8. The quantitative estimate of drug-likeness (QED) is 0.351. The van der Waals surface area contributed by atoms with E-state index in [9.17, 15) is 14.4 Å². The molecule has 0 aliphatic rings. The van der Waals surface area contributed by atoms with Gasteiger partial charge in [0.2, 0.25) is 11.8 Å². The largest absolute Gasteiger partial charge is 0.368 e. The second-order valence-corrected chi connectivity index (χ2v) is 7.67. The molecule has 4 aromatic rings. The molecule has 8 heteroatoms. The fourth-order valence-corrected chi connectivity index (χ4v) is 3.61. The molecule has 4 rings (SSSR count). The Morgan fingerprint density at radius 2 is 1.52 bits per heavy atom. The predicted molar refractivity (Wildman–Crippen MR) is 126 cm³/mol. The number of hydrogen-bond acceptors (Lipinski definition) is 4. The highest BCUT2D eigenvalue weighted by Crippen LogP contribution is 2.27. The van der Waals surface area contributed by atoms with Crippen molar-refractivity contribution >= 4 is 34.3 Å². The van der Waals surface area contributed by atoms with Crippen molar-refractivity contribution in [2.45, 2.75) is 18.9 Å². The molecule has 0 unspecified atom stereocenters. The Hall–Kier alpha value is -4.46. The van der Waals surface area contributed by atoms with Gasteiger partial charge in [0.05, 0.1) is 11.4 Å². The topological polar surface area (TPSA) is 130 Å². The van der Waals surface area contributed by atoms with E-state index < -0.39 is 23.8 Å². The average molecular weight is 441 g/mol. The summed E-state index contributed by atoms with van der Waals surface area (Å²) >= 11 is 0. The number of fused-ring (bicyclic) bond motifs is 1. The van der Waals surface area contributed by atoms with Crippen LogP contribution in [-0.4, -0.2) is 34.0 Å². The lowest BCUT2D eigenvalue weighted by Crippen LogP contribution is -2.42. The minimum atomic E-state index is -0.823. The fraction of sp³-hybridized carbons (Fsp3) is 0.120. The Labute approximate surface area is 190 Å². The van der Waals surface area contributed by atoms with E-state index in [-0.39, 0.29) is 11.6 Å². The smallest absolute Gasteiger partial charge is 0.273 e. The molecule has 0 aliphatic heterocycles. The Morgan fingerprint density at radius 1 is 0.909 bits per heavy atom. The van der Waals surface area contributed by atoms with Gasteiger partial charge in [-0.15, -0.1) is 0 Å². The third kappa shape index (κ3) is 4.74. The third-order valence-corrected chi connectivity index (χ3v) is 5.35. The monoisotopic (exact) mass is 441 g/mol. The van der Waals surface area contributed by atoms with Gasteiger partial charge in [0.1, 0.15) is 6.04 Å². The van der Waals surface area contributed by atoms with E-state index in [1.165, 1.54) is 6.92 Å². The maximum absolute atomic E-state index is 13.3. The highest BCUT2D eigenvalue weighted by molar-refractivity contribution is 6.07. The summed E-state index contributed by atoms with van der Waals surface area (Å²) in [4.78, 5) is 36.9. The van der Waals surface area contributed by atoms with E-state index >= 15 is 0 Å². The summed E-state index contributed by atoms with van der Waals surface area (Å²) in [7, 11) is 0. The molecule has 0 saturated heterocycles. The summed E-state index contributed by atoms with van der Waals surface area (Å²) < 4.78 is 0. The number of amides is 3. The number of aromatic nitrogens is 2. The molecule has 8 nitrogen and oxygen atoms in total. The van der Waals surface area contributed by atoms with Gasteiger partial charge in [0.25, 0.3) is 5.91 Å². The van der Waals surface area contributed by atoms with E-state index in [1.807, 2.05) is 60.7 Å². The molecule has 166 valence electrons. The number of carbonyl (C=O) groups excluding carboxylic acids is 3. The Morgan fingerprint density at radius 3 is 2.09 bits per heavy atom. The molecule has 1 aromatic heterocycles. The lowest BCUT2D eigenvalue weighted by atomic mass is 9.90. The van der Waals surface area contributed by atoms with Crippen molar-refractivity contribution < 1.29 is 14.4 Å². The zero-order valence-electron chi connectivity index (χ0n) is 17.9. The number of H-pyrrole nitrogens is 1. The van der Waals surface area contributed by atoms with Crippen molar-refractivity contribution in [3.63, 3.8) is 0 Å². The number of carbonyl (C=O) groups is 3. The minimum absolute atomic E-state index is 0.141. The maximum Gasteiger partial charge on any atom is 0.273 e. The van der Waals surface area contributed by atoms with Gasteiger partial charge in [-0.3, -0.25) is 19.5 Å². The molecule has 3 aromatic carbocycles. The predicted octanol–water partition coefficient (Wildman–Crippen LogP) is 2.94. The standard InChI is InChI=1S/C25H23N5O3/c1-15(23(26)31)27-25(33)22-19-13-12-18(14-20(19)29-30-22)28-24(32)21(16-8-4-2-5-9-16)17-10-6-3-7-11-17/h2-15,21H,1H3,(H2,26,31)(H,27,33)(H,28,32)(H,29,30)/t15-/m0/s1. The minimum Gasteiger partial charge on any atom is -0.368 e. The molecular weight excluding hydrogens is 418 g/mol. The lowest BCUT2D eigenvalue weighted by Gasteiger charge is -2.18. The van der Waals surface area contributed by atoms with E-state index in [0.29, 0.717) is 16.6 Å². The molecule has 0 radical (unpaired) electrons. The van der Waals surface area contributed by atoms with Crippen LogP contribution in [0.15, 0.2) is 78.9 Å². The Balaban J connectivity index is 1.58. The van der Waals surface area contributed by atoms with Crippen molar-refractivity contribution in [2.75, 3.05) is 5.32 Å². The zero-order chi connectivity index (χ0) is 23.4. The van der Waals surface area contributed by atoms with Crippen molar-refractivity contribution in [3.8, 4) is 0 Å². The van der Waals surface area contributed by atoms with Gasteiger partial charge in [-0.2, -0.15) is 5.10 Å². The zero-order valence-corrected chi connectivity index (χ0v) is 17.9. The van der Waals surface area contributed by atoms with Crippen LogP contribution in [0.25, 0.3) is 10.9 Å². The molecule has 0 fully saturated rings. The number of benzene rings is 3. The van der Waals surface area contributed by atoms with E-state index in [2.05, 4.69) is 20.8 Å². The van der Waals surface area contributed by atoms with Crippen LogP contribution in [-0.2, 0) is 9.59 Å². The highest BCUT2D eigenvalue weighted by atomic mass is 16.2. The van der Waals surface area contributed by atoms with Crippen LogP contribution in [0.4, 0.5) is 5.69 Å². The van der Waals surface area contributed by atoms with Crippen LogP contribution in [0.1, 0.15) is 34.5 Å². The first kappa shape index (κ1) is 21.8. The molecule has 1 atom stereocenters. The van der Waals surface area contributed by atoms with E-state index in [1.54, 1.807) is 18.2 Å². The van der Waals surface area contributed by atoms with Gasteiger partial charge >= 0.3 is 0 Å². The van der Waals surface area contributed by atoms with Gasteiger partial charge in [-0.1, -0.05) is 60.7 Å². The number of nitrogens with two attached hydrogens (primary N) is 1. The van der Waals surface area contributed by atoms with Gasteiger partial charge in [0, 0.05) is 11.1 Å². The van der Waals surface area contributed by atoms with Crippen LogP contribution in [0.3, 0.4) is 0 Å². The van der Waals surface area contributed by atoms with Crippen molar-refractivity contribution in [1.29, 1.82) is 0 Å². The third-order valence-electron chi connectivity index (χ3n) is 5.35. The molecule has 5 N–H and O–H groups in total. The van der Waals surface area contributed by atoms with Gasteiger partial charge in [-0.25, -0.2) is 0 Å².